The molecule has 1 unspecified atom stereocenters. The molecule has 0 heterocycles. The van der Waals surface area contributed by atoms with Crippen molar-refractivity contribution in [3.8, 4) is 0 Å². The van der Waals surface area contributed by atoms with Crippen LogP contribution in [-0.4, -0.2) is 17.8 Å². The van der Waals surface area contributed by atoms with E-state index in [2.05, 4.69) is 5.32 Å². The minimum atomic E-state index is -4.53. The van der Waals surface area contributed by atoms with E-state index in [4.69, 9.17) is 11.6 Å². The van der Waals surface area contributed by atoms with Gasteiger partial charge in [-0.05, 0) is 25.5 Å². The zero-order valence-electron chi connectivity index (χ0n) is 9.72. The lowest BCUT2D eigenvalue weighted by Crippen LogP contribution is -2.28. The SMILES string of the molecule is CC(Cl)CCNC(=O)c1ccccc1C(F)(F)F. The Hall–Kier alpha value is -1.23. The zero-order chi connectivity index (χ0) is 13.8. The summed E-state index contributed by atoms with van der Waals surface area (Å²) >= 11 is 5.68. The molecule has 1 rings (SSSR count). The lowest BCUT2D eigenvalue weighted by Gasteiger charge is -2.12. The molecular formula is C12H13ClF3NO. The normalized spacial score (nSPS) is 13.2. The van der Waals surface area contributed by atoms with E-state index in [-0.39, 0.29) is 17.5 Å². The van der Waals surface area contributed by atoms with Gasteiger partial charge in [0.1, 0.15) is 0 Å². The van der Waals surface area contributed by atoms with Gasteiger partial charge in [0.05, 0.1) is 11.1 Å². The number of benzene rings is 1. The molecule has 1 amide bonds. The fourth-order valence-corrected chi connectivity index (χ4v) is 1.52. The molecule has 0 saturated carbocycles. The highest BCUT2D eigenvalue weighted by atomic mass is 35.5. The first-order chi connectivity index (χ1) is 8.32. The van der Waals surface area contributed by atoms with Crippen LogP contribution in [0, 0.1) is 0 Å². The summed E-state index contributed by atoms with van der Waals surface area (Å²) < 4.78 is 38.0. The van der Waals surface area contributed by atoms with Gasteiger partial charge >= 0.3 is 6.18 Å². The van der Waals surface area contributed by atoms with Crippen LogP contribution in [0.4, 0.5) is 13.2 Å². The molecule has 1 N–H and O–H groups in total. The minimum Gasteiger partial charge on any atom is -0.352 e. The maximum atomic E-state index is 12.7. The number of nitrogens with one attached hydrogen (secondary N) is 1. The van der Waals surface area contributed by atoms with Gasteiger partial charge in [-0.3, -0.25) is 4.79 Å². The van der Waals surface area contributed by atoms with Crippen LogP contribution in [0.5, 0.6) is 0 Å². The first-order valence-electron chi connectivity index (χ1n) is 5.41. The summed E-state index contributed by atoms with van der Waals surface area (Å²) in [6.07, 6.45) is -4.03. The van der Waals surface area contributed by atoms with E-state index >= 15 is 0 Å². The molecule has 1 aromatic rings. The Labute approximate surface area is 108 Å². The standard InChI is InChI=1S/C12H13ClF3NO/c1-8(13)6-7-17-11(18)9-4-2-3-5-10(9)12(14,15)16/h2-5,8H,6-7H2,1H3,(H,17,18). The van der Waals surface area contributed by atoms with E-state index in [9.17, 15) is 18.0 Å². The summed E-state index contributed by atoms with van der Waals surface area (Å²) in [5.74, 6) is -0.736. The number of halogens is 4. The van der Waals surface area contributed by atoms with E-state index in [1.807, 2.05) is 0 Å². The monoisotopic (exact) mass is 279 g/mol. The van der Waals surface area contributed by atoms with Gasteiger partial charge in [-0.2, -0.15) is 13.2 Å². The predicted octanol–water partition coefficient (Wildman–Crippen LogP) is 3.45. The maximum absolute atomic E-state index is 12.7. The maximum Gasteiger partial charge on any atom is 0.417 e. The van der Waals surface area contributed by atoms with Crippen LogP contribution < -0.4 is 5.32 Å². The van der Waals surface area contributed by atoms with Crippen LogP contribution >= 0.6 is 11.6 Å². The van der Waals surface area contributed by atoms with Crippen molar-refractivity contribution >= 4 is 17.5 Å². The molecule has 18 heavy (non-hydrogen) atoms. The third kappa shape index (κ3) is 4.22. The van der Waals surface area contributed by atoms with Gasteiger partial charge in [0, 0.05) is 11.9 Å². The molecule has 1 atom stereocenters. The number of rotatable bonds is 4. The lowest BCUT2D eigenvalue weighted by molar-refractivity contribution is -0.137. The fourth-order valence-electron chi connectivity index (χ4n) is 1.41. The number of hydrogen-bond donors (Lipinski definition) is 1. The topological polar surface area (TPSA) is 29.1 Å². The van der Waals surface area contributed by atoms with Crippen molar-refractivity contribution in [3.63, 3.8) is 0 Å². The number of hydrogen-bond acceptors (Lipinski definition) is 1. The summed E-state index contributed by atoms with van der Waals surface area (Å²) in [6.45, 7) is 1.99. The Bertz CT molecular complexity index is 418. The highest BCUT2D eigenvalue weighted by Crippen LogP contribution is 2.31. The Balaban J connectivity index is 2.80. The van der Waals surface area contributed by atoms with E-state index in [1.165, 1.54) is 12.1 Å². The van der Waals surface area contributed by atoms with Crippen molar-refractivity contribution in [2.75, 3.05) is 6.54 Å². The fraction of sp³-hybridized carbons (Fsp3) is 0.417. The smallest absolute Gasteiger partial charge is 0.352 e. The second kappa shape index (κ2) is 6.09. The van der Waals surface area contributed by atoms with Crippen LogP contribution in [0.15, 0.2) is 24.3 Å². The van der Waals surface area contributed by atoms with E-state index in [0.717, 1.165) is 12.1 Å². The Morgan fingerprint density at radius 1 is 1.39 bits per heavy atom. The summed E-state index contributed by atoms with van der Waals surface area (Å²) in [5.41, 5.74) is -1.30. The van der Waals surface area contributed by atoms with Crippen molar-refractivity contribution in [3.05, 3.63) is 35.4 Å². The van der Waals surface area contributed by atoms with Crippen LogP contribution in [0.2, 0.25) is 0 Å². The van der Waals surface area contributed by atoms with Crippen LogP contribution in [0.1, 0.15) is 29.3 Å². The molecule has 0 aliphatic heterocycles. The van der Waals surface area contributed by atoms with Gasteiger partial charge < -0.3 is 5.32 Å². The first-order valence-corrected chi connectivity index (χ1v) is 5.84. The van der Waals surface area contributed by atoms with Gasteiger partial charge in [0.2, 0.25) is 0 Å². The van der Waals surface area contributed by atoms with Crippen molar-refractivity contribution < 1.29 is 18.0 Å². The second-order valence-electron chi connectivity index (χ2n) is 3.87. The lowest BCUT2D eigenvalue weighted by atomic mass is 10.1. The quantitative estimate of drug-likeness (QED) is 0.841. The highest BCUT2D eigenvalue weighted by molar-refractivity contribution is 6.20. The van der Waals surface area contributed by atoms with Crippen molar-refractivity contribution in [2.45, 2.75) is 24.9 Å². The third-order valence-electron chi connectivity index (χ3n) is 2.30. The molecule has 0 aliphatic rings. The average molecular weight is 280 g/mol. The minimum absolute atomic E-state index is 0.136. The molecule has 6 heteroatoms. The average Bonchev–Trinajstić information content (AvgIpc) is 2.27. The van der Waals surface area contributed by atoms with Gasteiger partial charge in [-0.25, -0.2) is 0 Å². The van der Waals surface area contributed by atoms with Crippen LogP contribution in [0.3, 0.4) is 0 Å². The molecule has 100 valence electrons. The number of amides is 1. The van der Waals surface area contributed by atoms with Crippen LogP contribution in [0.25, 0.3) is 0 Å². The van der Waals surface area contributed by atoms with Crippen molar-refractivity contribution in [1.29, 1.82) is 0 Å². The highest BCUT2D eigenvalue weighted by Gasteiger charge is 2.34. The molecule has 0 bridgehead atoms. The molecular weight excluding hydrogens is 267 g/mol. The van der Waals surface area contributed by atoms with Gasteiger partial charge in [-0.1, -0.05) is 12.1 Å². The Morgan fingerprint density at radius 3 is 2.56 bits per heavy atom. The Kier molecular flexibility index (Phi) is 5.02. The van der Waals surface area contributed by atoms with Crippen LogP contribution in [-0.2, 0) is 6.18 Å². The summed E-state index contributed by atoms with van der Waals surface area (Å²) in [5, 5.41) is 2.28. The van der Waals surface area contributed by atoms with E-state index in [1.54, 1.807) is 6.92 Å². The van der Waals surface area contributed by atoms with Gasteiger partial charge in [0.25, 0.3) is 5.91 Å². The summed E-state index contributed by atoms with van der Waals surface area (Å²) in [4.78, 5) is 11.6. The zero-order valence-corrected chi connectivity index (χ0v) is 10.5. The summed E-state index contributed by atoms with van der Waals surface area (Å²) in [7, 11) is 0. The summed E-state index contributed by atoms with van der Waals surface area (Å²) in [6, 6.07) is 4.69. The molecule has 0 fully saturated rings. The first kappa shape index (κ1) is 14.8. The van der Waals surface area contributed by atoms with Crippen molar-refractivity contribution in [2.24, 2.45) is 0 Å². The number of alkyl halides is 4. The number of carbonyl (C=O) groups excluding carboxylic acids is 1. The molecule has 0 radical (unpaired) electrons. The molecule has 1 aromatic carbocycles. The largest absolute Gasteiger partial charge is 0.417 e. The Morgan fingerprint density at radius 2 is 2.00 bits per heavy atom. The van der Waals surface area contributed by atoms with Crippen molar-refractivity contribution in [1.82, 2.24) is 5.32 Å². The predicted molar refractivity (Wildman–Crippen MR) is 63.7 cm³/mol. The third-order valence-corrected chi connectivity index (χ3v) is 2.52. The molecule has 2 nitrogen and oxygen atoms in total. The molecule has 0 aromatic heterocycles. The molecule has 0 saturated heterocycles. The van der Waals surface area contributed by atoms with Gasteiger partial charge in [0.15, 0.2) is 0 Å². The van der Waals surface area contributed by atoms with Gasteiger partial charge in [-0.15, -0.1) is 11.6 Å². The number of carbonyl (C=O) groups is 1. The second-order valence-corrected chi connectivity index (χ2v) is 4.61. The van der Waals surface area contributed by atoms with E-state index < -0.39 is 17.6 Å². The molecule has 0 spiro atoms. The molecule has 0 aliphatic carbocycles. The van der Waals surface area contributed by atoms with E-state index in [0.29, 0.717) is 6.42 Å².